The minimum absolute atomic E-state index is 0.0936. The van der Waals surface area contributed by atoms with E-state index >= 15 is 0 Å². The molecule has 0 radical (unpaired) electrons. The number of thiazole rings is 1. The van der Waals surface area contributed by atoms with Crippen LogP contribution in [0.15, 0.2) is 53.1 Å². The Balaban J connectivity index is 1.44. The minimum atomic E-state index is -0.211. The average molecular weight is 400 g/mol. The van der Waals surface area contributed by atoms with Crippen LogP contribution in [0.25, 0.3) is 21.7 Å². The summed E-state index contributed by atoms with van der Waals surface area (Å²) in [5.41, 5.74) is 2.15. The van der Waals surface area contributed by atoms with Crippen molar-refractivity contribution in [2.45, 2.75) is 6.42 Å². The molecule has 8 heteroatoms. The van der Waals surface area contributed by atoms with Gasteiger partial charge in [-0.25, -0.2) is 9.97 Å². The molecule has 4 aromatic rings. The molecule has 2 aromatic heterocycles. The highest BCUT2D eigenvalue weighted by Gasteiger charge is 2.13. The number of aromatic nitrogens is 2. The van der Waals surface area contributed by atoms with E-state index < -0.39 is 0 Å². The Labute approximate surface area is 163 Å². The van der Waals surface area contributed by atoms with Gasteiger partial charge in [0.2, 0.25) is 11.8 Å². The summed E-state index contributed by atoms with van der Waals surface area (Å²) in [5.74, 6) is 0.986. The number of hydrogen-bond donors (Lipinski definition) is 1. The first-order valence-electron chi connectivity index (χ1n) is 8.05. The summed E-state index contributed by atoms with van der Waals surface area (Å²) >= 11 is 7.27. The molecule has 2 heterocycles. The minimum Gasteiger partial charge on any atom is -0.497 e. The molecule has 0 saturated heterocycles. The number of fused-ring (bicyclic) bond motifs is 1. The van der Waals surface area contributed by atoms with Crippen molar-refractivity contribution < 1.29 is 13.9 Å². The SMILES string of the molecule is COc1ccc2nc(NC(=O)Cc3coc(-c4ccc(Cl)cc4)n3)sc2c1. The first-order valence-corrected chi connectivity index (χ1v) is 9.25. The molecule has 1 N–H and O–H groups in total. The number of nitrogens with one attached hydrogen (secondary N) is 1. The quantitative estimate of drug-likeness (QED) is 0.521. The summed E-state index contributed by atoms with van der Waals surface area (Å²) in [6.45, 7) is 0. The third-order valence-corrected chi connectivity index (χ3v) is 5.01. The summed E-state index contributed by atoms with van der Waals surface area (Å²) < 4.78 is 11.6. The smallest absolute Gasteiger partial charge is 0.232 e. The van der Waals surface area contributed by atoms with E-state index in [1.165, 1.54) is 17.6 Å². The van der Waals surface area contributed by atoms with E-state index in [2.05, 4.69) is 15.3 Å². The van der Waals surface area contributed by atoms with Gasteiger partial charge in [0.15, 0.2) is 5.13 Å². The van der Waals surface area contributed by atoms with E-state index in [1.807, 2.05) is 30.3 Å². The van der Waals surface area contributed by atoms with Gasteiger partial charge in [-0.1, -0.05) is 22.9 Å². The lowest BCUT2D eigenvalue weighted by Crippen LogP contribution is -2.14. The van der Waals surface area contributed by atoms with Crippen LogP contribution >= 0.6 is 22.9 Å². The predicted molar refractivity (Wildman–Crippen MR) is 105 cm³/mol. The van der Waals surface area contributed by atoms with Crippen molar-refractivity contribution in [3.05, 3.63) is 59.4 Å². The summed E-state index contributed by atoms with van der Waals surface area (Å²) in [6, 6.07) is 12.7. The van der Waals surface area contributed by atoms with Crippen LogP contribution < -0.4 is 10.1 Å². The average Bonchev–Trinajstić information content (AvgIpc) is 3.27. The summed E-state index contributed by atoms with van der Waals surface area (Å²) in [5, 5.41) is 3.97. The van der Waals surface area contributed by atoms with Crippen LogP contribution in [-0.2, 0) is 11.2 Å². The number of oxazole rings is 1. The lowest BCUT2D eigenvalue weighted by Gasteiger charge is -1.98. The number of methoxy groups -OCH3 is 1. The number of halogens is 1. The van der Waals surface area contributed by atoms with E-state index in [1.54, 1.807) is 19.2 Å². The van der Waals surface area contributed by atoms with Crippen LogP contribution in [0.1, 0.15) is 5.69 Å². The Morgan fingerprint density at radius 1 is 1.22 bits per heavy atom. The second kappa shape index (κ2) is 7.38. The topological polar surface area (TPSA) is 77.2 Å². The maximum absolute atomic E-state index is 12.3. The van der Waals surface area contributed by atoms with Crippen LogP contribution in [0.4, 0.5) is 5.13 Å². The maximum atomic E-state index is 12.3. The molecule has 0 spiro atoms. The largest absolute Gasteiger partial charge is 0.497 e. The van der Waals surface area contributed by atoms with Crippen molar-refractivity contribution >= 4 is 44.2 Å². The van der Waals surface area contributed by atoms with E-state index in [0.29, 0.717) is 21.7 Å². The maximum Gasteiger partial charge on any atom is 0.232 e. The first kappa shape index (κ1) is 17.5. The van der Waals surface area contributed by atoms with Gasteiger partial charge in [-0.15, -0.1) is 0 Å². The zero-order valence-electron chi connectivity index (χ0n) is 14.2. The second-order valence-electron chi connectivity index (χ2n) is 5.73. The number of benzene rings is 2. The van der Waals surface area contributed by atoms with Gasteiger partial charge in [0.05, 0.1) is 29.4 Å². The molecule has 0 aliphatic heterocycles. The van der Waals surface area contributed by atoms with Crippen LogP contribution in [0, 0.1) is 0 Å². The molecule has 0 aliphatic carbocycles. The molecule has 0 atom stereocenters. The number of carbonyl (C=O) groups excluding carboxylic acids is 1. The Bertz CT molecular complexity index is 1110. The second-order valence-corrected chi connectivity index (χ2v) is 7.20. The number of nitrogens with zero attached hydrogens (tertiary/aromatic N) is 2. The molecule has 0 aliphatic rings. The molecule has 27 heavy (non-hydrogen) atoms. The highest BCUT2D eigenvalue weighted by atomic mass is 35.5. The highest BCUT2D eigenvalue weighted by Crippen LogP contribution is 2.29. The first-order chi connectivity index (χ1) is 13.1. The molecule has 4 rings (SSSR count). The molecular weight excluding hydrogens is 386 g/mol. The van der Waals surface area contributed by atoms with Crippen LogP contribution in [-0.4, -0.2) is 23.0 Å². The normalized spacial score (nSPS) is 10.9. The van der Waals surface area contributed by atoms with Crippen molar-refractivity contribution in [3.8, 4) is 17.2 Å². The molecule has 0 unspecified atom stereocenters. The number of amides is 1. The molecule has 2 aromatic carbocycles. The van der Waals surface area contributed by atoms with Gasteiger partial charge in [0, 0.05) is 10.6 Å². The van der Waals surface area contributed by atoms with Gasteiger partial charge in [-0.3, -0.25) is 4.79 Å². The monoisotopic (exact) mass is 399 g/mol. The zero-order chi connectivity index (χ0) is 18.8. The molecule has 0 fully saturated rings. The number of ether oxygens (including phenoxy) is 1. The number of carbonyl (C=O) groups is 1. The van der Waals surface area contributed by atoms with Crippen molar-refractivity contribution in [2.75, 3.05) is 12.4 Å². The van der Waals surface area contributed by atoms with E-state index in [0.717, 1.165) is 21.5 Å². The zero-order valence-corrected chi connectivity index (χ0v) is 15.8. The lowest BCUT2D eigenvalue weighted by molar-refractivity contribution is -0.115. The Hall–Kier alpha value is -2.90. The Kier molecular flexibility index (Phi) is 4.79. The fraction of sp³-hybridized carbons (Fsp3) is 0.105. The van der Waals surface area contributed by atoms with Crippen LogP contribution in [0.3, 0.4) is 0 Å². The van der Waals surface area contributed by atoms with Gasteiger partial charge in [0.1, 0.15) is 12.0 Å². The fourth-order valence-electron chi connectivity index (χ4n) is 2.53. The van der Waals surface area contributed by atoms with Gasteiger partial charge in [-0.05, 0) is 42.5 Å². The molecule has 0 saturated carbocycles. The number of hydrogen-bond acceptors (Lipinski definition) is 6. The van der Waals surface area contributed by atoms with Crippen molar-refractivity contribution in [3.63, 3.8) is 0 Å². The van der Waals surface area contributed by atoms with E-state index in [-0.39, 0.29) is 12.3 Å². The third kappa shape index (κ3) is 3.94. The Morgan fingerprint density at radius 2 is 2.04 bits per heavy atom. The van der Waals surface area contributed by atoms with E-state index in [4.69, 9.17) is 20.8 Å². The Morgan fingerprint density at radius 3 is 2.81 bits per heavy atom. The molecule has 0 bridgehead atoms. The van der Waals surface area contributed by atoms with Crippen LogP contribution in [0.5, 0.6) is 5.75 Å². The van der Waals surface area contributed by atoms with Gasteiger partial charge in [0.25, 0.3) is 0 Å². The fourth-order valence-corrected chi connectivity index (χ4v) is 3.56. The van der Waals surface area contributed by atoms with Crippen LogP contribution in [0.2, 0.25) is 5.02 Å². The van der Waals surface area contributed by atoms with Gasteiger partial charge in [-0.2, -0.15) is 0 Å². The van der Waals surface area contributed by atoms with E-state index in [9.17, 15) is 4.79 Å². The summed E-state index contributed by atoms with van der Waals surface area (Å²) in [6.07, 6.45) is 1.57. The number of anilines is 1. The molecule has 6 nitrogen and oxygen atoms in total. The summed E-state index contributed by atoms with van der Waals surface area (Å²) in [4.78, 5) is 21.1. The lowest BCUT2D eigenvalue weighted by atomic mass is 10.2. The van der Waals surface area contributed by atoms with Gasteiger partial charge < -0.3 is 14.5 Å². The standard InChI is InChI=1S/C19H14ClN3O3S/c1-25-14-6-7-15-16(9-14)27-19(22-15)23-17(24)8-13-10-26-18(21-13)11-2-4-12(20)5-3-11/h2-7,9-10H,8H2,1H3,(H,22,23,24). The van der Waals surface area contributed by atoms with Crippen molar-refractivity contribution in [1.29, 1.82) is 0 Å². The number of rotatable bonds is 5. The van der Waals surface area contributed by atoms with Crippen molar-refractivity contribution in [1.82, 2.24) is 9.97 Å². The predicted octanol–water partition coefficient (Wildman–Crippen LogP) is 4.79. The molecule has 1 amide bonds. The van der Waals surface area contributed by atoms with Gasteiger partial charge >= 0.3 is 0 Å². The van der Waals surface area contributed by atoms with Crippen molar-refractivity contribution in [2.24, 2.45) is 0 Å². The summed E-state index contributed by atoms with van der Waals surface area (Å²) in [7, 11) is 1.61. The third-order valence-electron chi connectivity index (χ3n) is 3.83. The molecule has 136 valence electrons. The highest BCUT2D eigenvalue weighted by molar-refractivity contribution is 7.22. The molecular formula is C19H14ClN3O3S.